The van der Waals surface area contributed by atoms with Crippen molar-refractivity contribution < 1.29 is 9.53 Å². The molecule has 2 atom stereocenters. The Kier molecular flexibility index (Phi) is 2.98. The van der Waals surface area contributed by atoms with Gasteiger partial charge in [0, 0.05) is 24.2 Å². The van der Waals surface area contributed by atoms with Gasteiger partial charge in [0.1, 0.15) is 5.60 Å². The van der Waals surface area contributed by atoms with Crippen LogP contribution in [0.5, 0.6) is 0 Å². The number of likely N-dealkylation sites (tertiary alicyclic amines) is 1. The van der Waals surface area contributed by atoms with Crippen molar-refractivity contribution in [2.75, 3.05) is 18.8 Å². The molecule has 1 aliphatic carbocycles. The normalized spacial score (nSPS) is 31.0. The number of carbonyl (C=O) groups excluding carboxylic acids is 1. The highest BCUT2D eigenvalue weighted by atomic mass is 16.6. The van der Waals surface area contributed by atoms with E-state index in [4.69, 9.17) is 10.5 Å². The number of hydrogen-bond acceptors (Lipinski definition) is 3. The maximum atomic E-state index is 12.1. The third-order valence-corrected chi connectivity index (χ3v) is 4.91. The van der Waals surface area contributed by atoms with Crippen molar-refractivity contribution in [3.05, 3.63) is 29.8 Å². The Labute approximate surface area is 126 Å². The molecule has 1 aliphatic heterocycles. The largest absolute Gasteiger partial charge is 0.444 e. The zero-order valence-electron chi connectivity index (χ0n) is 13.2. The van der Waals surface area contributed by atoms with E-state index >= 15 is 0 Å². The lowest BCUT2D eigenvalue weighted by Gasteiger charge is -2.28. The van der Waals surface area contributed by atoms with Crippen molar-refractivity contribution >= 4 is 11.8 Å². The van der Waals surface area contributed by atoms with Crippen LogP contribution in [0.2, 0.25) is 0 Å². The molecule has 4 heteroatoms. The average Bonchev–Trinajstić information content (AvgIpc) is 2.74. The molecule has 0 spiro atoms. The first-order valence-corrected chi connectivity index (χ1v) is 7.56. The molecule has 1 heterocycles. The van der Waals surface area contributed by atoms with Gasteiger partial charge >= 0.3 is 6.09 Å². The molecule has 1 saturated heterocycles. The van der Waals surface area contributed by atoms with Gasteiger partial charge in [-0.3, -0.25) is 0 Å². The fourth-order valence-electron chi connectivity index (χ4n) is 3.66. The summed E-state index contributed by atoms with van der Waals surface area (Å²) < 4.78 is 5.45. The van der Waals surface area contributed by atoms with Crippen LogP contribution < -0.4 is 5.73 Å². The SMILES string of the molecule is CC(C)(C)OC(=O)N1CC2C(C1)C2(C)c1cccc(N)c1. The topological polar surface area (TPSA) is 55.6 Å². The third kappa shape index (κ3) is 2.37. The molecule has 1 aromatic carbocycles. The van der Waals surface area contributed by atoms with E-state index in [2.05, 4.69) is 19.1 Å². The summed E-state index contributed by atoms with van der Waals surface area (Å²) in [6.45, 7) is 9.55. The van der Waals surface area contributed by atoms with Gasteiger partial charge in [-0.2, -0.15) is 0 Å². The molecule has 0 aromatic heterocycles. The monoisotopic (exact) mass is 288 g/mol. The van der Waals surface area contributed by atoms with Gasteiger partial charge in [0.2, 0.25) is 0 Å². The molecule has 2 fully saturated rings. The number of piperidine rings is 1. The number of anilines is 1. The average molecular weight is 288 g/mol. The highest BCUT2D eigenvalue weighted by Crippen LogP contribution is 2.63. The van der Waals surface area contributed by atoms with Crippen molar-refractivity contribution in [2.24, 2.45) is 11.8 Å². The molecule has 1 saturated carbocycles. The number of nitrogens with zero attached hydrogens (tertiary/aromatic N) is 1. The third-order valence-electron chi connectivity index (χ3n) is 4.91. The number of rotatable bonds is 1. The Bertz CT molecular complexity index is 564. The predicted octanol–water partition coefficient (Wildman–Crippen LogP) is 3.02. The molecular formula is C17H24N2O2. The zero-order chi connectivity index (χ0) is 15.4. The van der Waals surface area contributed by atoms with Crippen LogP contribution in [0.25, 0.3) is 0 Å². The molecule has 114 valence electrons. The van der Waals surface area contributed by atoms with Crippen LogP contribution in [0.1, 0.15) is 33.3 Å². The van der Waals surface area contributed by atoms with E-state index in [9.17, 15) is 4.79 Å². The predicted molar refractivity (Wildman–Crippen MR) is 83.0 cm³/mol. The van der Waals surface area contributed by atoms with Crippen LogP contribution in [0.3, 0.4) is 0 Å². The highest BCUT2D eigenvalue weighted by Gasteiger charge is 2.66. The second kappa shape index (κ2) is 4.39. The maximum Gasteiger partial charge on any atom is 0.410 e. The number of nitrogen functional groups attached to an aromatic ring is 1. The van der Waals surface area contributed by atoms with Gasteiger partial charge in [0.05, 0.1) is 0 Å². The van der Waals surface area contributed by atoms with Crippen molar-refractivity contribution in [1.29, 1.82) is 0 Å². The number of fused-ring (bicyclic) bond motifs is 1. The standard InChI is InChI=1S/C17H24N2O2/c1-16(2,3)21-15(20)19-9-13-14(10-19)17(13,4)11-6-5-7-12(18)8-11/h5-8,13-14H,9-10,18H2,1-4H3. The van der Waals surface area contributed by atoms with E-state index in [0.29, 0.717) is 11.8 Å². The van der Waals surface area contributed by atoms with Crippen LogP contribution in [0.15, 0.2) is 24.3 Å². The highest BCUT2D eigenvalue weighted by molar-refractivity contribution is 5.69. The van der Waals surface area contributed by atoms with Crippen molar-refractivity contribution in [1.82, 2.24) is 4.90 Å². The minimum atomic E-state index is -0.430. The lowest BCUT2D eigenvalue weighted by atomic mass is 9.92. The number of amides is 1. The van der Waals surface area contributed by atoms with Crippen LogP contribution in [-0.4, -0.2) is 29.7 Å². The number of benzene rings is 1. The quantitative estimate of drug-likeness (QED) is 0.808. The maximum absolute atomic E-state index is 12.1. The van der Waals surface area contributed by atoms with E-state index < -0.39 is 5.60 Å². The second-order valence-electron chi connectivity index (χ2n) is 7.51. The molecular weight excluding hydrogens is 264 g/mol. The van der Waals surface area contributed by atoms with Gasteiger partial charge in [-0.25, -0.2) is 4.79 Å². The molecule has 2 N–H and O–H groups in total. The summed E-state index contributed by atoms with van der Waals surface area (Å²) in [5.41, 5.74) is 7.73. The number of hydrogen-bond donors (Lipinski definition) is 1. The van der Waals surface area contributed by atoms with Gasteiger partial charge in [0.15, 0.2) is 0 Å². The smallest absolute Gasteiger partial charge is 0.410 e. The summed E-state index contributed by atoms with van der Waals surface area (Å²) >= 11 is 0. The van der Waals surface area contributed by atoms with Gasteiger partial charge in [-0.1, -0.05) is 19.1 Å². The Morgan fingerprint density at radius 3 is 2.48 bits per heavy atom. The second-order valence-corrected chi connectivity index (χ2v) is 7.51. The lowest BCUT2D eigenvalue weighted by molar-refractivity contribution is 0.0263. The molecule has 2 unspecified atom stereocenters. The van der Waals surface area contributed by atoms with Crippen LogP contribution in [0, 0.1) is 11.8 Å². The molecule has 21 heavy (non-hydrogen) atoms. The molecule has 1 amide bonds. The Morgan fingerprint density at radius 1 is 1.33 bits per heavy atom. The number of ether oxygens (including phenoxy) is 1. The fourth-order valence-corrected chi connectivity index (χ4v) is 3.66. The molecule has 4 nitrogen and oxygen atoms in total. The van der Waals surface area contributed by atoms with Gasteiger partial charge in [0.25, 0.3) is 0 Å². The first kappa shape index (κ1) is 14.2. The van der Waals surface area contributed by atoms with Gasteiger partial charge < -0.3 is 15.4 Å². The minimum Gasteiger partial charge on any atom is -0.444 e. The minimum absolute atomic E-state index is 0.161. The van der Waals surface area contributed by atoms with Crippen molar-refractivity contribution in [3.63, 3.8) is 0 Å². The Balaban J connectivity index is 1.67. The first-order chi connectivity index (χ1) is 9.72. The summed E-state index contributed by atoms with van der Waals surface area (Å²) in [7, 11) is 0. The van der Waals surface area contributed by atoms with E-state index in [1.807, 2.05) is 37.8 Å². The summed E-state index contributed by atoms with van der Waals surface area (Å²) in [4.78, 5) is 14.0. The molecule has 2 aliphatic rings. The lowest BCUT2D eigenvalue weighted by Crippen LogP contribution is -2.38. The molecule has 3 rings (SSSR count). The van der Waals surface area contributed by atoms with Gasteiger partial charge in [-0.05, 0) is 50.3 Å². The molecule has 0 bridgehead atoms. The number of carbonyl (C=O) groups is 1. The molecule has 1 aromatic rings. The number of nitrogens with two attached hydrogens (primary N) is 1. The summed E-state index contributed by atoms with van der Waals surface area (Å²) in [5.74, 6) is 1.04. The zero-order valence-corrected chi connectivity index (χ0v) is 13.2. The van der Waals surface area contributed by atoms with E-state index in [1.165, 1.54) is 5.56 Å². The van der Waals surface area contributed by atoms with Crippen molar-refractivity contribution in [3.8, 4) is 0 Å². The summed E-state index contributed by atoms with van der Waals surface area (Å²) in [6.07, 6.45) is -0.190. The van der Waals surface area contributed by atoms with Crippen molar-refractivity contribution in [2.45, 2.75) is 38.7 Å². The van der Waals surface area contributed by atoms with E-state index in [1.54, 1.807) is 0 Å². The van der Waals surface area contributed by atoms with Crippen LogP contribution in [-0.2, 0) is 10.2 Å². The van der Waals surface area contributed by atoms with Gasteiger partial charge in [-0.15, -0.1) is 0 Å². The Morgan fingerprint density at radius 2 is 1.95 bits per heavy atom. The summed E-state index contributed by atoms with van der Waals surface area (Å²) in [5, 5.41) is 0. The summed E-state index contributed by atoms with van der Waals surface area (Å²) in [6, 6.07) is 8.14. The van der Waals surface area contributed by atoms with E-state index in [-0.39, 0.29) is 11.5 Å². The van der Waals surface area contributed by atoms with Crippen LogP contribution in [0.4, 0.5) is 10.5 Å². The Hall–Kier alpha value is -1.71. The molecule has 0 radical (unpaired) electrons. The van der Waals surface area contributed by atoms with Crippen LogP contribution >= 0.6 is 0 Å². The van der Waals surface area contributed by atoms with E-state index in [0.717, 1.165) is 18.8 Å². The fraction of sp³-hybridized carbons (Fsp3) is 0.588. The first-order valence-electron chi connectivity index (χ1n) is 7.56.